The highest BCUT2D eigenvalue weighted by molar-refractivity contribution is 5.93. The molecule has 2 aromatic heterocycles. The fourth-order valence-corrected chi connectivity index (χ4v) is 4.07. The zero-order valence-electron chi connectivity index (χ0n) is 19.6. The third-order valence-corrected chi connectivity index (χ3v) is 5.99. The molecule has 6 nitrogen and oxygen atoms in total. The van der Waals surface area contributed by atoms with Crippen molar-refractivity contribution in [1.82, 2.24) is 24.8 Å². The normalized spacial score (nSPS) is 15.1. The Morgan fingerprint density at radius 3 is 2.38 bits per heavy atom. The quantitative estimate of drug-likeness (QED) is 0.395. The van der Waals surface area contributed by atoms with E-state index in [9.17, 15) is 13.6 Å². The van der Waals surface area contributed by atoms with E-state index in [1.807, 2.05) is 6.92 Å². The molecule has 1 amide bonds. The highest BCUT2D eigenvalue weighted by Crippen LogP contribution is 2.40. The van der Waals surface area contributed by atoms with E-state index in [4.69, 9.17) is 0 Å². The second-order valence-corrected chi connectivity index (χ2v) is 9.07. The molecule has 32 heavy (non-hydrogen) atoms. The predicted octanol–water partition coefficient (Wildman–Crippen LogP) is 5.35. The van der Waals surface area contributed by atoms with E-state index in [0.29, 0.717) is 11.3 Å². The molecule has 2 aromatic rings. The molecule has 0 aromatic carbocycles. The molecule has 1 aliphatic rings. The molecule has 2 heterocycles. The van der Waals surface area contributed by atoms with E-state index in [2.05, 4.69) is 34.1 Å². The first-order chi connectivity index (χ1) is 15.4. The molecule has 0 bridgehead atoms. The van der Waals surface area contributed by atoms with Crippen molar-refractivity contribution in [3.8, 4) is 0 Å². The lowest BCUT2D eigenvalue weighted by molar-refractivity contribution is 0.0922. The van der Waals surface area contributed by atoms with Crippen molar-refractivity contribution in [2.75, 3.05) is 19.6 Å². The van der Waals surface area contributed by atoms with Crippen molar-refractivity contribution in [1.29, 1.82) is 0 Å². The third-order valence-electron chi connectivity index (χ3n) is 5.99. The Bertz CT molecular complexity index is 871. The van der Waals surface area contributed by atoms with Gasteiger partial charge >= 0.3 is 0 Å². The zero-order valence-corrected chi connectivity index (χ0v) is 19.6. The molecule has 1 fully saturated rings. The minimum atomic E-state index is -2.67. The van der Waals surface area contributed by atoms with Crippen LogP contribution in [0.5, 0.6) is 0 Å². The number of rotatable bonds is 14. The largest absolute Gasteiger partial charge is 0.347 e. The van der Waals surface area contributed by atoms with Gasteiger partial charge in [-0.3, -0.25) is 4.79 Å². The summed E-state index contributed by atoms with van der Waals surface area (Å²) in [5, 5.41) is 7.15. The fraction of sp³-hybridized carbons (Fsp3) is 0.708. The molecule has 0 radical (unpaired) electrons. The summed E-state index contributed by atoms with van der Waals surface area (Å²) < 4.78 is 28.3. The molecular formula is C24H37F2N5O. The van der Waals surface area contributed by atoms with Gasteiger partial charge in [0.1, 0.15) is 5.69 Å². The fourth-order valence-electron chi connectivity index (χ4n) is 4.07. The average molecular weight is 450 g/mol. The van der Waals surface area contributed by atoms with Gasteiger partial charge in [0.15, 0.2) is 11.3 Å². The summed E-state index contributed by atoms with van der Waals surface area (Å²) in [6, 6.07) is 2.87. The van der Waals surface area contributed by atoms with Gasteiger partial charge in [-0.05, 0) is 51.8 Å². The number of fused-ring (bicyclic) bond motifs is 1. The first-order valence-electron chi connectivity index (χ1n) is 12.1. The Morgan fingerprint density at radius 1 is 1.16 bits per heavy atom. The van der Waals surface area contributed by atoms with Gasteiger partial charge in [-0.15, -0.1) is 0 Å². The molecule has 0 saturated heterocycles. The standard InChI is InChI=1S/C24H37F2N5O/c1-4-6-8-12-30(13-9-7-5-2)16-17(3)27-24(32)20-15-22-28-19(18-10-11-18)14-21(23(25)26)31(22)29-20/h14-15,17-18,23H,4-13,16H2,1-3H3,(H,27,32). The van der Waals surface area contributed by atoms with E-state index in [-0.39, 0.29) is 29.3 Å². The van der Waals surface area contributed by atoms with E-state index in [1.165, 1.54) is 37.8 Å². The Kier molecular flexibility index (Phi) is 8.96. The molecule has 1 N–H and O–H groups in total. The average Bonchev–Trinajstić information content (AvgIpc) is 3.51. The lowest BCUT2D eigenvalue weighted by Gasteiger charge is -2.26. The van der Waals surface area contributed by atoms with Gasteiger partial charge in [-0.1, -0.05) is 39.5 Å². The SMILES string of the molecule is CCCCCN(CCCCC)CC(C)NC(=O)c1cc2nc(C3CC3)cc(C(F)F)n2n1. The van der Waals surface area contributed by atoms with Gasteiger partial charge in [0.05, 0.1) is 0 Å². The lowest BCUT2D eigenvalue weighted by atomic mass is 10.2. The molecule has 8 heteroatoms. The molecule has 1 unspecified atom stereocenters. The van der Waals surface area contributed by atoms with Gasteiger partial charge < -0.3 is 10.2 Å². The van der Waals surface area contributed by atoms with E-state index < -0.39 is 6.43 Å². The first kappa shape index (κ1) is 24.6. The van der Waals surface area contributed by atoms with Crippen molar-refractivity contribution < 1.29 is 13.6 Å². The number of carbonyl (C=O) groups is 1. The number of carbonyl (C=O) groups excluding carboxylic acids is 1. The summed E-state index contributed by atoms with van der Waals surface area (Å²) in [4.78, 5) is 19.7. The number of nitrogens with zero attached hydrogens (tertiary/aromatic N) is 4. The summed E-state index contributed by atoms with van der Waals surface area (Å²) in [5.41, 5.74) is 0.899. The summed E-state index contributed by atoms with van der Waals surface area (Å²) in [7, 11) is 0. The van der Waals surface area contributed by atoms with Gasteiger partial charge in [-0.2, -0.15) is 5.10 Å². The van der Waals surface area contributed by atoms with Crippen LogP contribution in [0.25, 0.3) is 5.65 Å². The molecule has 0 aliphatic heterocycles. The molecular weight excluding hydrogens is 412 g/mol. The maximum Gasteiger partial charge on any atom is 0.280 e. The third kappa shape index (κ3) is 6.70. The van der Waals surface area contributed by atoms with E-state index in [1.54, 1.807) is 0 Å². The molecule has 178 valence electrons. The Morgan fingerprint density at radius 2 is 1.81 bits per heavy atom. The summed E-state index contributed by atoms with van der Waals surface area (Å²) in [5.74, 6) is -0.102. The van der Waals surface area contributed by atoms with Crippen LogP contribution in [0.4, 0.5) is 8.78 Å². The Balaban J connectivity index is 1.66. The first-order valence-corrected chi connectivity index (χ1v) is 12.1. The van der Waals surface area contributed by atoms with Crippen molar-refractivity contribution >= 4 is 11.6 Å². The molecule has 1 atom stereocenters. The van der Waals surface area contributed by atoms with Crippen LogP contribution in [-0.2, 0) is 0 Å². The maximum absolute atomic E-state index is 13.6. The van der Waals surface area contributed by atoms with Crippen molar-refractivity contribution in [2.45, 2.75) is 90.5 Å². The van der Waals surface area contributed by atoms with Crippen LogP contribution >= 0.6 is 0 Å². The van der Waals surface area contributed by atoms with Crippen LogP contribution in [0, 0.1) is 0 Å². The Labute approximate surface area is 189 Å². The van der Waals surface area contributed by atoms with Crippen molar-refractivity contribution in [3.63, 3.8) is 0 Å². The number of hydrogen-bond donors (Lipinski definition) is 1. The van der Waals surface area contributed by atoms with Crippen LogP contribution in [0.2, 0.25) is 0 Å². The molecule has 1 aliphatic carbocycles. The maximum atomic E-state index is 13.6. The minimum Gasteiger partial charge on any atom is -0.347 e. The highest BCUT2D eigenvalue weighted by atomic mass is 19.3. The van der Waals surface area contributed by atoms with Crippen LogP contribution < -0.4 is 5.32 Å². The number of hydrogen-bond acceptors (Lipinski definition) is 4. The van der Waals surface area contributed by atoms with Crippen molar-refractivity contribution in [3.05, 3.63) is 29.2 Å². The summed E-state index contributed by atoms with van der Waals surface area (Å²) in [6.45, 7) is 9.19. The van der Waals surface area contributed by atoms with E-state index >= 15 is 0 Å². The molecule has 3 rings (SSSR count). The zero-order chi connectivity index (χ0) is 23.1. The number of alkyl halides is 2. The number of unbranched alkanes of at least 4 members (excludes halogenated alkanes) is 4. The molecule has 0 spiro atoms. The second kappa shape index (κ2) is 11.7. The van der Waals surface area contributed by atoms with Crippen LogP contribution in [0.15, 0.2) is 12.1 Å². The minimum absolute atomic E-state index is 0.0693. The van der Waals surface area contributed by atoms with Crippen LogP contribution in [-0.4, -0.2) is 51.1 Å². The smallest absolute Gasteiger partial charge is 0.280 e. The predicted molar refractivity (Wildman–Crippen MR) is 122 cm³/mol. The van der Waals surface area contributed by atoms with Crippen LogP contribution in [0.3, 0.4) is 0 Å². The van der Waals surface area contributed by atoms with Gasteiger partial charge in [0.2, 0.25) is 0 Å². The van der Waals surface area contributed by atoms with Crippen molar-refractivity contribution in [2.24, 2.45) is 0 Å². The number of aromatic nitrogens is 3. The summed E-state index contributed by atoms with van der Waals surface area (Å²) in [6.07, 6.45) is 6.34. The lowest BCUT2D eigenvalue weighted by Crippen LogP contribution is -2.42. The van der Waals surface area contributed by atoms with E-state index in [0.717, 1.165) is 49.8 Å². The number of amides is 1. The second-order valence-electron chi connectivity index (χ2n) is 9.07. The highest BCUT2D eigenvalue weighted by Gasteiger charge is 2.28. The summed E-state index contributed by atoms with van der Waals surface area (Å²) >= 11 is 0. The van der Waals surface area contributed by atoms with Gasteiger partial charge in [0, 0.05) is 30.3 Å². The number of halogens is 2. The molecule has 1 saturated carbocycles. The number of nitrogens with one attached hydrogen (secondary N) is 1. The van der Waals surface area contributed by atoms with Gasteiger partial charge in [0.25, 0.3) is 12.3 Å². The topological polar surface area (TPSA) is 62.5 Å². The van der Waals surface area contributed by atoms with Gasteiger partial charge in [-0.25, -0.2) is 18.3 Å². The van der Waals surface area contributed by atoms with Crippen LogP contribution in [0.1, 0.15) is 106 Å². The Hall–Kier alpha value is -2.09. The monoisotopic (exact) mass is 449 g/mol.